The molecule has 0 spiro atoms. The van der Waals surface area contributed by atoms with Gasteiger partial charge in [0.2, 0.25) is 0 Å². The van der Waals surface area contributed by atoms with Crippen molar-refractivity contribution in [2.75, 3.05) is 19.8 Å². The molecular formula is C28H37FO5. The Hall–Kier alpha value is -2.44. The van der Waals surface area contributed by atoms with Gasteiger partial charge in [-0.2, -0.15) is 0 Å². The van der Waals surface area contributed by atoms with E-state index in [0.29, 0.717) is 37.1 Å². The van der Waals surface area contributed by atoms with Gasteiger partial charge in [0.05, 0.1) is 25.4 Å². The minimum atomic E-state index is -0.748. The van der Waals surface area contributed by atoms with Gasteiger partial charge in [0, 0.05) is 11.5 Å². The molecule has 0 radical (unpaired) electrons. The van der Waals surface area contributed by atoms with Crippen molar-refractivity contribution in [3.63, 3.8) is 0 Å². The fourth-order valence-electron chi connectivity index (χ4n) is 3.91. The average Bonchev–Trinajstić information content (AvgIpc) is 2.85. The quantitative estimate of drug-likeness (QED) is 0.175. The van der Waals surface area contributed by atoms with Crippen molar-refractivity contribution in [1.82, 2.24) is 0 Å². The highest BCUT2D eigenvalue weighted by molar-refractivity contribution is 5.91. The molecule has 0 aliphatic carbocycles. The topological polar surface area (TPSA) is 54.0 Å². The molecule has 34 heavy (non-hydrogen) atoms. The van der Waals surface area contributed by atoms with Crippen molar-refractivity contribution >= 4 is 5.97 Å². The third kappa shape index (κ3) is 8.10. The first-order chi connectivity index (χ1) is 16.6. The molecule has 2 aromatic carbocycles. The maximum Gasteiger partial charge on any atom is 0.343 e. The van der Waals surface area contributed by atoms with Gasteiger partial charge in [0.25, 0.3) is 0 Å². The van der Waals surface area contributed by atoms with E-state index >= 15 is 0 Å². The van der Waals surface area contributed by atoms with Gasteiger partial charge in [-0.3, -0.25) is 0 Å². The first-order valence-electron chi connectivity index (χ1n) is 12.6. The minimum Gasteiger partial charge on any atom is -0.494 e. The highest BCUT2D eigenvalue weighted by Crippen LogP contribution is 2.29. The van der Waals surface area contributed by atoms with Crippen LogP contribution >= 0.6 is 0 Å². The van der Waals surface area contributed by atoms with Crippen molar-refractivity contribution in [1.29, 1.82) is 0 Å². The number of unbranched alkanes of at least 4 members (excludes halogenated alkanes) is 5. The summed E-state index contributed by atoms with van der Waals surface area (Å²) in [5.41, 5.74) is 0.426. The Kier molecular flexibility index (Phi) is 10.8. The number of rotatable bonds is 13. The van der Waals surface area contributed by atoms with Crippen LogP contribution in [0.2, 0.25) is 0 Å². The molecule has 1 saturated heterocycles. The van der Waals surface area contributed by atoms with Crippen LogP contribution < -0.4 is 9.47 Å². The van der Waals surface area contributed by atoms with E-state index in [1.165, 1.54) is 43.9 Å². The second kappa shape index (κ2) is 14.1. The fraction of sp³-hybridized carbons (Fsp3) is 0.536. The highest BCUT2D eigenvalue weighted by Gasteiger charge is 2.26. The molecule has 2 aromatic rings. The molecule has 5 nitrogen and oxygen atoms in total. The molecule has 0 bridgehead atoms. The number of hydrogen-bond donors (Lipinski definition) is 0. The largest absolute Gasteiger partial charge is 0.494 e. The maximum absolute atomic E-state index is 14.7. The van der Waals surface area contributed by atoms with E-state index in [9.17, 15) is 9.18 Å². The van der Waals surface area contributed by atoms with Gasteiger partial charge in [-0.25, -0.2) is 9.18 Å². The molecule has 1 aliphatic heterocycles. The Morgan fingerprint density at radius 3 is 2.26 bits per heavy atom. The summed E-state index contributed by atoms with van der Waals surface area (Å²) in [6.45, 7) is 6.12. The molecule has 0 amide bonds. The summed E-state index contributed by atoms with van der Waals surface area (Å²) in [6.07, 6.45) is 8.40. The number of hydrogen-bond acceptors (Lipinski definition) is 5. The van der Waals surface area contributed by atoms with Crippen LogP contribution in [0, 0.1) is 11.7 Å². The van der Waals surface area contributed by atoms with Gasteiger partial charge in [-0.15, -0.1) is 0 Å². The zero-order valence-corrected chi connectivity index (χ0v) is 20.4. The monoisotopic (exact) mass is 472 g/mol. The molecule has 1 heterocycles. The van der Waals surface area contributed by atoms with Gasteiger partial charge in [0.1, 0.15) is 17.3 Å². The van der Waals surface area contributed by atoms with Gasteiger partial charge >= 0.3 is 5.97 Å². The Labute approximate surface area is 202 Å². The van der Waals surface area contributed by atoms with E-state index in [1.807, 2.05) is 0 Å². The normalized spacial score (nSPS) is 18.0. The molecular weight excluding hydrogens is 435 g/mol. The van der Waals surface area contributed by atoms with Crippen molar-refractivity contribution in [2.45, 2.75) is 71.5 Å². The molecule has 6 heteroatoms. The lowest BCUT2D eigenvalue weighted by atomic mass is 10.0. The second-order valence-corrected chi connectivity index (χ2v) is 8.87. The Morgan fingerprint density at radius 2 is 1.59 bits per heavy atom. The van der Waals surface area contributed by atoms with Gasteiger partial charge in [-0.05, 0) is 49.2 Å². The van der Waals surface area contributed by atoms with Crippen LogP contribution in [0.4, 0.5) is 4.39 Å². The summed E-state index contributed by atoms with van der Waals surface area (Å²) < 4.78 is 37.3. The number of ether oxygens (including phenoxy) is 4. The molecule has 1 fully saturated rings. The van der Waals surface area contributed by atoms with Crippen LogP contribution in [0.5, 0.6) is 11.5 Å². The molecule has 0 saturated carbocycles. The molecule has 0 unspecified atom stereocenters. The van der Waals surface area contributed by atoms with Gasteiger partial charge < -0.3 is 18.9 Å². The average molecular weight is 473 g/mol. The van der Waals surface area contributed by atoms with E-state index < -0.39 is 18.1 Å². The van der Waals surface area contributed by atoms with E-state index in [4.69, 9.17) is 18.9 Å². The van der Waals surface area contributed by atoms with Crippen molar-refractivity contribution < 1.29 is 28.1 Å². The molecule has 3 rings (SSSR count). The van der Waals surface area contributed by atoms with Crippen LogP contribution in [-0.2, 0) is 9.47 Å². The zero-order chi connectivity index (χ0) is 24.2. The number of carbonyl (C=O) groups is 1. The second-order valence-electron chi connectivity index (χ2n) is 8.87. The van der Waals surface area contributed by atoms with Crippen molar-refractivity contribution in [3.05, 3.63) is 59.4 Å². The summed E-state index contributed by atoms with van der Waals surface area (Å²) in [4.78, 5) is 12.5. The summed E-state index contributed by atoms with van der Waals surface area (Å²) in [7, 11) is 0. The SMILES string of the molecule is CCCCCCOc1ccc(OC(=O)c2ccc(C3OCC(CCCCC)CO3)c(F)c2)cc1. The predicted molar refractivity (Wildman–Crippen MR) is 130 cm³/mol. The molecule has 186 valence electrons. The third-order valence-electron chi connectivity index (χ3n) is 5.97. The molecule has 0 aromatic heterocycles. The summed E-state index contributed by atoms with van der Waals surface area (Å²) in [5, 5.41) is 0. The van der Waals surface area contributed by atoms with Crippen LogP contribution in [-0.4, -0.2) is 25.8 Å². The Balaban J connectivity index is 1.48. The molecule has 0 N–H and O–H groups in total. The molecule has 0 atom stereocenters. The number of halogens is 1. The summed E-state index contributed by atoms with van der Waals surface area (Å²) in [5.74, 6) is 0.279. The lowest BCUT2D eigenvalue weighted by molar-refractivity contribution is -0.207. The van der Waals surface area contributed by atoms with E-state index in [2.05, 4.69) is 13.8 Å². The lowest BCUT2D eigenvalue weighted by Gasteiger charge is -2.29. The Morgan fingerprint density at radius 1 is 0.912 bits per heavy atom. The van der Waals surface area contributed by atoms with Crippen LogP contribution in [0.1, 0.15) is 87.4 Å². The third-order valence-corrected chi connectivity index (χ3v) is 5.97. The van der Waals surface area contributed by atoms with Gasteiger partial charge in [-0.1, -0.05) is 58.4 Å². The van der Waals surface area contributed by atoms with Gasteiger partial charge in [0.15, 0.2) is 6.29 Å². The smallest absolute Gasteiger partial charge is 0.343 e. The first kappa shape index (κ1) is 26.2. The van der Waals surface area contributed by atoms with E-state index in [-0.39, 0.29) is 5.56 Å². The van der Waals surface area contributed by atoms with E-state index in [1.54, 1.807) is 24.3 Å². The number of carbonyl (C=O) groups excluding carboxylic acids is 1. The van der Waals surface area contributed by atoms with Crippen molar-refractivity contribution in [3.8, 4) is 11.5 Å². The number of benzene rings is 2. The first-order valence-corrected chi connectivity index (χ1v) is 12.6. The number of esters is 1. The zero-order valence-electron chi connectivity index (χ0n) is 20.4. The fourth-order valence-corrected chi connectivity index (χ4v) is 3.91. The van der Waals surface area contributed by atoms with Crippen LogP contribution in [0.15, 0.2) is 42.5 Å². The standard InChI is InChI=1S/C28H37FO5/c1-3-5-7-9-17-31-23-12-14-24(15-13-23)34-27(30)22-11-16-25(26(29)18-22)28-32-19-21(20-33-28)10-8-6-4-2/h11-16,18,21,28H,3-10,17,19-20H2,1-2H3. The minimum absolute atomic E-state index is 0.130. The van der Waals surface area contributed by atoms with Crippen molar-refractivity contribution in [2.24, 2.45) is 5.92 Å². The lowest BCUT2D eigenvalue weighted by Crippen LogP contribution is -2.27. The summed E-state index contributed by atoms with van der Waals surface area (Å²) >= 11 is 0. The molecule has 1 aliphatic rings. The maximum atomic E-state index is 14.7. The Bertz CT molecular complexity index is 875. The van der Waals surface area contributed by atoms with Crippen LogP contribution in [0.3, 0.4) is 0 Å². The summed E-state index contributed by atoms with van der Waals surface area (Å²) in [6, 6.07) is 11.1. The highest BCUT2D eigenvalue weighted by atomic mass is 19.1. The van der Waals surface area contributed by atoms with Crippen LogP contribution in [0.25, 0.3) is 0 Å². The van der Waals surface area contributed by atoms with E-state index in [0.717, 1.165) is 31.4 Å². The predicted octanol–water partition coefficient (Wildman–Crippen LogP) is 7.25.